The average molecular weight is 960 g/mol. The van der Waals surface area contributed by atoms with Gasteiger partial charge in [0.2, 0.25) is 5.95 Å². The van der Waals surface area contributed by atoms with Crippen molar-refractivity contribution in [2.75, 3.05) is 0 Å². The van der Waals surface area contributed by atoms with Crippen molar-refractivity contribution in [1.29, 1.82) is 0 Å². The Morgan fingerprint density at radius 2 is 0.573 bits per heavy atom. The maximum absolute atomic E-state index is 5.34. The highest BCUT2D eigenvalue weighted by Gasteiger charge is 2.24. The second-order valence-electron chi connectivity index (χ2n) is 18.7. The molecule has 9 heteroatoms. The van der Waals surface area contributed by atoms with E-state index in [4.69, 9.17) is 29.9 Å². The van der Waals surface area contributed by atoms with Gasteiger partial charge < -0.3 is 9.13 Å². The number of rotatable bonds is 8. The first-order chi connectivity index (χ1) is 37.2. The predicted octanol–water partition coefficient (Wildman–Crippen LogP) is 15.7. The van der Waals surface area contributed by atoms with E-state index in [0.29, 0.717) is 35.1 Å². The fraction of sp³-hybridized carbons (Fsp3) is 0. The Kier molecular flexibility index (Phi) is 9.67. The summed E-state index contributed by atoms with van der Waals surface area (Å²) in [6.45, 7) is 0. The lowest BCUT2D eigenvalue weighted by Gasteiger charge is -2.14. The zero-order chi connectivity index (χ0) is 49.4. The first-order valence-corrected chi connectivity index (χ1v) is 25.0. The summed E-state index contributed by atoms with van der Waals surface area (Å²) >= 11 is 0. The molecule has 5 aromatic heterocycles. The molecule has 0 aliphatic carbocycles. The largest absolute Gasteiger partial charge is 0.309 e. The van der Waals surface area contributed by atoms with Crippen molar-refractivity contribution in [1.82, 2.24) is 43.6 Å². The van der Waals surface area contributed by atoms with Crippen LogP contribution in [0, 0.1) is 0 Å². The van der Waals surface area contributed by atoms with Crippen LogP contribution in [0.25, 0.3) is 140 Å². The second-order valence-corrected chi connectivity index (χ2v) is 18.7. The van der Waals surface area contributed by atoms with Crippen molar-refractivity contribution in [2.45, 2.75) is 0 Å². The molecule has 75 heavy (non-hydrogen) atoms. The number of hydrogen-bond acceptors (Lipinski definition) is 6. The highest BCUT2D eigenvalue weighted by Crippen LogP contribution is 2.42. The van der Waals surface area contributed by atoms with Gasteiger partial charge in [0.05, 0.1) is 33.1 Å². The SMILES string of the molecule is c1ccc(-c2nc(-c3cccc(-n4c5ccccc5c5ccc6c7ccccc7n(-c7nc(-c8ccccc8)nc(-c8ccccc8)n7)c6c54)c3)nc(-c3ccc4c5ccccc5n(-c5ccccc5)c4c3)n2)cc1. The number of fused-ring (bicyclic) bond motifs is 10. The van der Waals surface area contributed by atoms with Crippen molar-refractivity contribution in [2.24, 2.45) is 0 Å². The fourth-order valence-electron chi connectivity index (χ4n) is 11.0. The van der Waals surface area contributed by atoms with Gasteiger partial charge in [0, 0.05) is 71.5 Å². The quantitative estimate of drug-likeness (QED) is 0.151. The first-order valence-electron chi connectivity index (χ1n) is 25.0. The van der Waals surface area contributed by atoms with E-state index in [1.54, 1.807) is 0 Å². The zero-order valence-corrected chi connectivity index (χ0v) is 40.2. The minimum Gasteiger partial charge on any atom is -0.309 e. The minimum absolute atomic E-state index is 0.528. The third kappa shape index (κ3) is 6.94. The Morgan fingerprint density at radius 1 is 0.213 bits per heavy atom. The molecule has 0 radical (unpaired) electrons. The molecule has 0 unspecified atom stereocenters. The molecular formula is C66H41N9. The van der Waals surface area contributed by atoms with E-state index in [2.05, 4.69) is 184 Å². The van der Waals surface area contributed by atoms with Gasteiger partial charge in [0.15, 0.2) is 29.1 Å². The molecule has 10 aromatic carbocycles. The third-order valence-electron chi connectivity index (χ3n) is 14.3. The van der Waals surface area contributed by atoms with Crippen molar-refractivity contribution < 1.29 is 0 Å². The number of para-hydroxylation sites is 4. The van der Waals surface area contributed by atoms with Crippen molar-refractivity contribution in [3.63, 3.8) is 0 Å². The summed E-state index contributed by atoms with van der Waals surface area (Å²) < 4.78 is 6.93. The van der Waals surface area contributed by atoms with Gasteiger partial charge in [-0.25, -0.2) is 19.9 Å². The Labute approximate surface area is 430 Å². The van der Waals surface area contributed by atoms with Crippen LogP contribution in [0.3, 0.4) is 0 Å². The van der Waals surface area contributed by atoms with E-state index < -0.39 is 0 Å². The molecule has 0 aliphatic rings. The summed E-state index contributed by atoms with van der Waals surface area (Å²) in [7, 11) is 0. The maximum atomic E-state index is 5.34. The first kappa shape index (κ1) is 42.3. The van der Waals surface area contributed by atoms with Crippen LogP contribution in [0.2, 0.25) is 0 Å². The minimum atomic E-state index is 0.528. The zero-order valence-electron chi connectivity index (χ0n) is 40.2. The number of aromatic nitrogens is 9. The molecule has 0 bridgehead atoms. The van der Waals surface area contributed by atoms with E-state index in [1.807, 2.05) is 78.9 Å². The van der Waals surface area contributed by atoms with Crippen LogP contribution >= 0.6 is 0 Å². The van der Waals surface area contributed by atoms with Gasteiger partial charge in [-0.05, 0) is 48.5 Å². The number of nitrogens with zero attached hydrogens (tertiary/aromatic N) is 9. The molecule has 15 rings (SSSR count). The van der Waals surface area contributed by atoms with Crippen LogP contribution in [0.15, 0.2) is 249 Å². The van der Waals surface area contributed by atoms with Crippen LogP contribution in [0.1, 0.15) is 0 Å². The lowest BCUT2D eigenvalue weighted by Crippen LogP contribution is -2.07. The van der Waals surface area contributed by atoms with E-state index >= 15 is 0 Å². The summed E-state index contributed by atoms with van der Waals surface area (Å²) in [4.78, 5) is 31.5. The summed E-state index contributed by atoms with van der Waals surface area (Å²) in [5, 5.41) is 6.75. The van der Waals surface area contributed by atoms with Crippen LogP contribution in [-0.4, -0.2) is 43.6 Å². The molecule has 0 atom stereocenters. The third-order valence-corrected chi connectivity index (χ3v) is 14.3. The monoisotopic (exact) mass is 959 g/mol. The van der Waals surface area contributed by atoms with E-state index in [-0.39, 0.29) is 0 Å². The van der Waals surface area contributed by atoms with Crippen molar-refractivity contribution in [3.05, 3.63) is 249 Å². The van der Waals surface area contributed by atoms with E-state index in [0.717, 1.165) is 99.2 Å². The predicted molar refractivity (Wildman–Crippen MR) is 303 cm³/mol. The molecule has 9 nitrogen and oxygen atoms in total. The van der Waals surface area contributed by atoms with Crippen molar-refractivity contribution >= 4 is 65.4 Å². The Bertz CT molecular complexity index is 4640. The molecule has 15 aromatic rings. The van der Waals surface area contributed by atoms with Crippen LogP contribution in [-0.2, 0) is 0 Å². The highest BCUT2D eigenvalue weighted by atomic mass is 15.2. The second kappa shape index (κ2) is 17.1. The molecule has 5 heterocycles. The molecule has 0 amide bonds. The van der Waals surface area contributed by atoms with Gasteiger partial charge in [0.25, 0.3) is 0 Å². The Hall–Kier alpha value is -10.4. The van der Waals surface area contributed by atoms with Gasteiger partial charge >= 0.3 is 0 Å². The molecule has 350 valence electrons. The fourth-order valence-corrected chi connectivity index (χ4v) is 11.0. The van der Waals surface area contributed by atoms with Gasteiger partial charge in [-0.3, -0.25) is 4.57 Å². The molecule has 0 spiro atoms. The topological polar surface area (TPSA) is 92.1 Å². The molecule has 0 saturated heterocycles. The molecule has 0 N–H and O–H groups in total. The van der Waals surface area contributed by atoms with E-state index in [1.165, 1.54) is 5.39 Å². The summed E-state index contributed by atoms with van der Waals surface area (Å²) in [6.07, 6.45) is 0. The maximum Gasteiger partial charge on any atom is 0.238 e. The highest BCUT2D eigenvalue weighted by molar-refractivity contribution is 6.23. The average Bonchev–Trinajstić information content (AvgIpc) is 4.21. The normalized spacial score (nSPS) is 11.7. The summed E-state index contributed by atoms with van der Waals surface area (Å²) in [6, 6.07) is 86.3. The molecule has 0 aliphatic heterocycles. The molecule has 0 fully saturated rings. The van der Waals surface area contributed by atoms with Crippen molar-refractivity contribution in [3.8, 4) is 74.3 Å². The van der Waals surface area contributed by atoms with Gasteiger partial charge in [0.1, 0.15) is 0 Å². The van der Waals surface area contributed by atoms with Crippen LogP contribution < -0.4 is 0 Å². The lowest BCUT2D eigenvalue weighted by molar-refractivity contribution is 0.953. The van der Waals surface area contributed by atoms with Gasteiger partial charge in [-0.15, -0.1) is 0 Å². The number of hydrogen-bond donors (Lipinski definition) is 0. The molecule has 0 saturated carbocycles. The summed E-state index contributed by atoms with van der Waals surface area (Å²) in [5.41, 5.74) is 12.8. The Balaban J connectivity index is 0.964. The van der Waals surface area contributed by atoms with E-state index in [9.17, 15) is 0 Å². The molecular weight excluding hydrogens is 919 g/mol. The Morgan fingerprint density at radius 3 is 1.12 bits per heavy atom. The van der Waals surface area contributed by atoms with Gasteiger partial charge in [-0.1, -0.05) is 200 Å². The summed E-state index contributed by atoms with van der Waals surface area (Å²) in [5.74, 6) is 3.46. The van der Waals surface area contributed by atoms with Gasteiger partial charge in [-0.2, -0.15) is 9.97 Å². The smallest absolute Gasteiger partial charge is 0.238 e. The number of benzene rings is 10. The van der Waals surface area contributed by atoms with Crippen LogP contribution in [0.4, 0.5) is 0 Å². The standard InChI is InChI=1S/C66H41N9/c1-5-20-42(21-6-1)61-67-64(70-65(68-61)46-36-37-52-49-30-13-16-33-55(49)73(58(52)41-46)47-27-11-4-12-28-47)45-26-19-29-48(40-45)74-56-34-17-14-31-50(56)53-38-39-54-51-32-15-18-35-57(51)75(60(54)59(53)74)66-71-62(43-22-7-2-8-23-43)69-63(72-66)44-24-9-3-10-25-44/h1-41H. The lowest BCUT2D eigenvalue weighted by atomic mass is 10.1. The van der Waals surface area contributed by atoms with Crippen LogP contribution in [0.5, 0.6) is 0 Å².